The number of methoxy groups -OCH3 is 1. The van der Waals surface area contributed by atoms with Crippen LogP contribution in [0.1, 0.15) is 17.3 Å². The zero-order valence-electron chi connectivity index (χ0n) is 8.75. The molecule has 0 aromatic heterocycles. The van der Waals surface area contributed by atoms with Crippen molar-refractivity contribution in [1.82, 2.24) is 0 Å². The maximum absolute atomic E-state index is 11.8. The number of carbonyl (C=O) groups excluding carboxylic acids is 1. The van der Waals surface area contributed by atoms with E-state index in [1.54, 1.807) is 31.0 Å². The van der Waals surface area contributed by atoms with Crippen LogP contribution in [0.25, 0.3) is 0 Å². The number of carbonyl (C=O) groups is 1. The van der Waals surface area contributed by atoms with Crippen molar-refractivity contribution in [3.63, 3.8) is 0 Å². The molecule has 0 amide bonds. The number of Topliss-reactive ketones (excluding diaryl/α,β-unsaturated/α-hetero) is 1. The van der Waals surface area contributed by atoms with Crippen LogP contribution in [0.4, 0.5) is 0 Å². The average Bonchev–Trinajstić information content (AvgIpc) is 2.25. The van der Waals surface area contributed by atoms with Crippen molar-refractivity contribution < 1.29 is 9.53 Å². The first-order valence-electron chi connectivity index (χ1n) is 4.63. The van der Waals surface area contributed by atoms with Crippen molar-refractivity contribution >= 4 is 33.5 Å². The molecule has 0 radical (unpaired) electrons. The fourth-order valence-corrected chi connectivity index (χ4v) is 2.08. The van der Waals surface area contributed by atoms with E-state index in [1.165, 1.54) is 0 Å². The standard InChI is InChI=1S/C11H13BrO2S/c1-3-15-7-10(13)9-6-8(12)4-5-11(9)14-2/h4-6H,3,7H2,1-2H3. The van der Waals surface area contributed by atoms with E-state index in [1.807, 2.05) is 13.0 Å². The third kappa shape index (κ3) is 3.54. The molecule has 0 heterocycles. The predicted molar refractivity (Wildman–Crippen MR) is 68.0 cm³/mol. The van der Waals surface area contributed by atoms with Gasteiger partial charge >= 0.3 is 0 Å². The van der Waals surface area contributed by atoms with Crippen molar-refractivity contribution in [2.75, 3.05) is 18.6 Å². The largest absolute Gasteiger partial charge is 0.496 e. The lowest BCUT2D eigenvalue weighted by atomic mass is 10.1. The molecule has 82 valence electrons. The molecule has 0 aliphatic heterocycles. The van der Waals surface area contributed by atoms with Crippen LogP contribution in [0.2, 0.25) is 0 Å². The van der Waals surface area contributed by atoms with Gasteiger partial charge in [0.15, 0.2) is 5.78 Å². The highest BCUT2D eigenvalue weighted by Crippen LogP contribution is 2.24. The van der Waals surface area contributed by atoms with Crippen LogP contribution in [0.15, 0.2) is 22.7 Å². The summed E-state index contributed by atoms with van der Waals surface area (Å²) in [4.78, 5) is 11.8. The highest BCUT2D eigenvalue weighted by molar-refractivity contribution is 9.10. The van der Waals surface area contributed by atoms with Crippen LogP contribution in [0.3, 0.4) is 0 Å². The monoisotopic (exact) mass is 288 g/mol. The van der Waals surface area contributed by atoms with E-state index in [2.05, 4.69) is 15.9 Å². The Bertz CT molecular complexity index is 352. The van der Waals surface area contributed by atoms with Crippen LogP contribution < -0.4 is 4.74 Å². The van der Waals surface area contributed by atoms with Crippen LogP contribution in [0, 0.1) is 0 Å². The first-order valence-corrected chi connectivity index (χ1v) is 6.58. The van der Waals surface area contributed by atoms with Crippen molar-refractivity contribution in [2.24, 2.45) is 0 Å². The minimum absolute atomic E-state index is 0.111. The Morgan fingerprint density at radius 2 is 2.27 bits per heavy atom. The minimum atomic E-state index is 0.111. The second-order valence-electron chi connectivity index (χ2n) is 2.90. The van der Waals surface area contributed by atoms with Crippen molar-refractivity contribution in [3.8, 4) is 5.75 Å². The number of hydrogen-bond donors (Lipinski definition) is 0. The van der Waals surface area contributed by atoms with Crippen molar-refractivity contribution in [1.29, 1.82) is 0 Å². The lowest BCUT2D eigenvalue weighted by molar-refractivity contribution is 0.101. The average molecular weight is 289 g/mol. The second kappa shape index (κ2) is 6.18. The second-order valence-corrected chi connectivity index (χ2v) is 5.09. The van der Waals surface area contributed by atoms with Gasteiger partial charge in [-0.1, -0.05) is 22.9 Å². The molecule has 0 unspecified atom stereocenters. The molecule has 4 heteroatoms. The number of halogens is 1. The lowest BCUT2D eigenvalue weighted by Gasteiger charge is -2.07. The van der Waals surface area contributed by atoms with Crippen LogP contribution in [-0.4, -0.2) is 24.4 Å². The van der Waals surface area contributed by atoms with E-state index >= 15 is 0 Å². The molecule has 15 heavy (non-hydrogen) atoms. The summed E-state index contributed by atoms with van der Waals surface area (Å²) >= 11 is 4.96. The maximum Gasteiger partial charge on any atom is 0.176 e. The Hall–Kier alpha value is -0.480. The molecule has 0 N–H and O–H groups in total. The summed E-state index contributed by atoms with van der Waals surface area (Å²) in [6.45, 7) is 2.04. The molecule has 0 saturated heterocycles. The van der Waals surface area contributed by atoms with Crippen molar-refractivity contribution in [3.05, 3.63) is 28.2 Å². The third-order valence-corrected chi connectivity index (χ3v) is 3.27. The van der Waals surface area contributed by atoms with E-state index < -0.39 is 0 Å². The fraction of sp³-hybridized carbons (Fsp3) is 0.364. The molecule has 0 fully saturated rings. The molecular formula is C11H13BrO2S. The highest BCUT2D eigenvalue weighted by Gasteiger charge is 2.12. The van der Waals surface area contributed by atoms with Gasteiger partial charge in [-0.25, -0.2) is 0 Å². The molecule has 1 aromatic rings. The summed E-state index contributed by atoms with van der Waals surface area (Å²) in [6.07, 6.45) is 0. The number of hydrogen-bond acceptors (Lipinski definition) is 3. The molecule has 0 aliphatic rings. The Balaban J connectivity index is 2.90. The molecule has 0 spiro atoms. The molecule has 0 saturated carbocycles. The van der Waals surface area contributed by atoms with Gasteiger partial charge in [0.2, 0.25) is 0 Å². The van der Waals surface area contributed by atoms with Gasteiger partial charge in [0.25, 0.3) is 0 Å². The highest BCUT2D eigenvalue weighted by atomic mass is 79.9. The van der Waals surface area contributed by atoms with E-state index in [0.717, 1.165) is 10.2 Å². The van der Waals surface area contributed by atoms with E-state index in [4.69, 9.17) is 4.74 Å². The Morgan fingerprint density at radius 3 is 2.87 bits per heavy atom. The van der Waals surface area contributed by atoms with Gasteiger partial charge in [0.05, 0.1) is 18.4 Å². The van der Waals surface area contributed by atoms with Gasteiger partial charge in [0.1, 0.15) is 5.75 Å². The summed E-state index contributed by atoms with van der Waals surface area (Å²) in [7, 11) is 1.58. The zero-order valence-corrected chi connectivity index (χ0v) is 11.2. The van der Waals surface area contributed by atoms with Crippen molar-refractivity contribution in [2.45, 2.75) is 6.92 Å². The number of ether oxygens (including phenoxy) is 1. The summed E-state index contributed by atoms with van der Waals surface area (Å²) < 4.78 is 6.05. The van der Waals surface area contributed by atoms with Crippen LogP contribution in [-0.2, 0) is 0 Å². The topological polar surface area (TPSA) is 26.3 Å². The molecular weight excluding hydrogens is 276 g/mol. The summed E-state index contributed by atoms with van der Waals surface area (Å²) in [5.74, 6) is 2.20. The van der Waals surface area contributed by atoms with Crippen LogP contribution in [0.5, 0.6) is 5.75 Å². The number of rotatable bonds is 5. The predicted octanol–water partition coefficient (Wildman–Crippen LogP) is 3.39. The SMILES string of the molecule is CCSCC(=O)c1cc(Br)ccc1OC. The summed E-state index contributed by atoms with van der Waals surface area (Å²) in [6, 6.07) is 5.47. The number of ketones is 1. The van der Waals surface area contributed by atoms with Gasteiger partial charge in [0, 0.05) is 4.47 Å². The molecule has 0 aliphatic carbocycles. The van der Waals surface area contributed by atoms with Gasteiger partial charge in [-0.3, -0.25) is 4.79 Å². The third-order valence-electron chi connectivity index (χ3n) is 1.90. The molecule has 0 bridgehead atoms. The smallest absolute Gasteiger partial charge is 0.176 e. The first-order chi connectivity index (χ1) is 7.19. The van der Waals surface area contributed by atoms with E-state index in [0.29, 0.717) is 17.1 Å². The maximum atomic E-state index is 11.8. The Kier molecular flexibility index (Phi) is 5.19. The Morgan fingerprint density at radius 1 is 1.53 bits per heavy atom. The van der Waals surface area contributed by atoms with Crippen LogP contribution >= 0.6 is 27.7 Å². The Labute approximate surface area is 103 Å². The molecule has 2 nitrogen and oxygen atoms in total. The van der Waals surface area contributed by atoms with Gasteiger partial charge in [-0.05, 0) is 24.0 Å². The fourth-order valence-electron chi connectivity index (χ4n) is 1.17. The lowest BCUT2D eigenvalue weighted by Crippen LogP contribution is -2.05. The van der Waals surface area contributed by atoms with Gasteiger partial charge in [-0.15, -0.1) is 0 Å². The van der Waals surface area contributed by atoms with E-state index in [9.17, 15) is 4.79 Å². The zero-order chi connectivity index (χ0) is 11.3. The normalized spacial score (nSPS) is 10.1. The minimum Gasteiger partial charge on any atom is -0.496 e. The number of benzene rings is 1. The quantitative estimate of drug-likeness (QED) is 0.777. The summed E-state index contributed by atoms with van der Waals surface area (Å²) in [5, 5.41) is 0. The van der Waals surface area contributed by atoms with Gasteiger partial charge < -0.3 is 4.74 Å². The molecule has 1 aromatic carbocycles. The van der Waals surface area contributed by atoms with Gasteiger partial charge in [-0.2, -0.15) is 11.8 Å². The molecule has 0 atom stereocenters. The first kappa shape index (κ1) is 12.6. The number of thioether (sulfide) groups is 1. The summed E-state index contributed by atoms with van der Waals surface area (Å²) in [5.41, 5.74) is 0.646. The van der Waals surface area contributed by atoms with E-state index in [-0.39, 0.29) is 5.78 Å². The molecule has 1 rings (SSSR count).